The first-order valence-corrected chi connectivity index (χ1v) is 9.26. The minimum absolute atomic E-state index is 0.0526. The minimum atomic E-state index is -4.67. The molecule has 1 heterocycles. The summed E-state index contributed by atoms with van der Waals surface area (Å²) in [7, 11) is -4.28. The number of alkyl halides is 3. The molecular formula is C17H13F3N4O3S. The number of anilines is 1. The van der Waals surface area contributed by atoms with Crippen molar-refractivity contribution in [2.24, 2.45) is 0 Å². The van der Waals surface area contributed by atoms with Gasteiger partial charge in [0.25, 0.3) is 10.0 Å². The van der Waals surface area contributed by atoms with Gasteiger partial charge in [0.05, 0.1) is 21.8 Å². The number of hydrogen-bond donors (Lipinski definition) is 1. The monoisotopic (exact) mass is 410 g/mol. The summed E-state index contributed by atoms with van der Waals surface area (Å²) < 4.78 is 68.0. The highest BCUT2D eigenvalue weighted by atomic mass is 32.2. The molecule has 0 unspecified atom stereocenters. The molecule has 0 radical (unpaired) electrons. The Morgan fingerprint density at radius 2 is 1.89 bits per heavy atom. The Balaban J connectivity index is 2.09. The topological polar surface area (TPSA) is 94.0 Å². The Morgan fingerprint density at radius 3 is 2.50 bits per heavy atom. The van der Waals surface area contributed by atoms with Crippen LogP contribution in [0, 0.1) is 0 Å². The summed E-state index contributed by atoms with van der Waals surface area (Å²) in [5, 5.41) is 3.82. The van der Waals surface area contributed by atoms with Crippen LogP contribution in [0.5, 0.6) is 0 Å². The first-order chi connectivity index (χ1) is 13.1. The van der Waals surface area contributed by atoms with Crippen molar-refractivity contribution in [3.05, 3.63) is 66.2 Å². The maximum atomic E-state index is 13.1. The van der Waals surface area contributed by atoms with Crippen LogP contribution < -0.4 is 4.72 Å². The van der Waals surface area contributed by atoms with E-state index in [2.05, 4.69) is 14.8 Å². The third kappa shape index (κ3) is 4.03. The summed E-state index contributed by atoms with van der Waals surface area (Å²) in [6.45, 7) is 1.27. The van der Waals surface area contributed by atoms with Crippen molar-refractivity contribution in [3.8, 4) is 5.69 Å². The maximum Gasteiger partial charge on any atom is 0.416 e. The average Bonchev–Trinajstić information content (AvgIpc) is 3.15. The lowest BCUT2D eigenvalue weighted by Crippen LogP contribution is -2.16. The Bertz CT molecular complexity index is 1130. The zero-order chi connectivity index (χ0) is 20.5. The van der Waals surface area contributed by atoms with Gasteiger partial charge in [-0.1, -0.05) is 12.1 Å². The summed E-state index contributed by atoms with van der Waals surface area (Å²) in [4.78, 5) is 14.9. The second-order valence-electron chi connectivity index (χ2n) is 5.76. The Morgan fingerprint density at radius 1 is 1.14 bits per heavy atom. The third-order valence-electron chi connectivity index (χ3n) is 3.78. The highest BCUT2D eigenvalue weighted by Gasteiger charge is 2.32. The summed E-state index contributed by atoms with van der Waals surface area (Å²) in [6.07, 6.45) is -2.29. The van der Waals surface area contributed by atoms with E-state index in [0.717, 1.165) is 29.2 Å². The fourth-order valence-corrected chi connectivity index (χ4v) is 3.52. The number of ketones is 1. The molecule has 146 valence electrons. The second kappa shape index (κ2) is 7.08. The van der Waals surface area contributed by atoms with Crippen molar-refractivity contribution in [2.45, 2.75) is 18.0 Å². The van der Waals surface area contributed by atoms with E-state index >= 15 is 0 Å². The van der Waals surface area contributed by atoms with Gasteiger partial charge >= 0.3 is 6.18 Å². The molecule has 0 saturated heterocycles. The van der Waals surface area contributed by atoms with E-state index in [1.165, 1.54) is 31.5 Å². The van der Waals surface area contributed by atoms with Crippen LogP contribution >= 0.6 is 0 Å². The van der Waals surface area contributed by atoms with Crippen LogP contribution in [0.1, 0.15) is 22.8 Å². The summed E-state index contributed by atoms with van der Waals surface area (Å²) in [5.74, 6) is -0.348. The zero-order valence-corrected chi connectivity index (χ0v) is 15.1. The number of sulfonamides is 1. The van der Waals surface area contributed by atoms with Gasteiger partial charge in [0.15, 0.2) is 5.78 Å². The number of rotatable bonds is 5. The number of hydrogen-bond acceptors (Lipinski definition) is 5. The summed E-state index contributed by atoms with van der Waals surface area (Å²) >= 11 is 0. The smallest absolute Gasteiger partial charge is 0.295 e. The number of aromatic nitrogens is 3. The van der Waals surface area contributed by atoms with Gasteiger partial charge in [0.1, 0.15) is 12.7 Å². The molecule has 1 aromatic heterocycles. The van der Waals surface area contributed by atoms with Crippen LogP contribution in [0.2, 0.25) is 0 Å². The highest BCUT2D eigenvalue weighted by Crippen LogP contribution is 2.34. The number of benzene rings is 2. The quantitative estimate of drug-likeness (QED) is 0.652. The molecule has 0 saturated carbocycles. The van der Waals surface area contributed by atoms with Crippen LogP contribution in [0.25, 0.3) is 5.69 Å². The first kappa shape index (κ1) is 19.5. The number of carbonyl (C=O) groups excluding carboxylic acids is 1. The maximum absolute atomic E-state index is 13.1. The summed E-state index contributed by atoms with van der Waals surface area (Å²) in [5.41, 5.74) is -1.17. The average molecular weight is 410 g/mol. The number of Topliss-reactive ketones (excluding diaryl/α,β-unsaturated/α-hetero) is 1. The van der Waals surface area contributed by atoms with Gasteiger partial charge in [-0.25, -0.2) is 18.1 Å². The number of halogens is 3. The third-order valence-corrected chi connectivity index (χ3v) is 5.15. The van der Waals surface area contributed by atoms with Gasteiger partial charge in [-0.15, -0.1) is 0 Å². The van der Waals surface area contributed by atoms with Crippen LogP contribution in [0.3, 0.4) is 0 Å². The molecule has 0 spiro atoms. The van der Waals surface area contributed by atoms with Gasteiger partial charge in [-0.05, 0) is 37.3 Å². The molecule has 0 aliphatic heterocycles. The van der Waals surface area contributed by atoms with Crippen molar-refractivity contribution < 1.29 is 26.4 Å². The number of nitrogens with one attached hydrogen (secondary N) is 1. The van der Waals surface area contributed by atoms with E-state index in [0.29, 0.717) is 6.07 Å². The lowest BCUT2D eigenvalue weighted by atomic mass is 10.1. The van der Waals surface area contributed by atoms with Crippen molar-refractivity contribution in [2.75, 3.05) is 4.72 Å². The summed E-state index contributed by atoms with van der Waals surface area (Å²) in [6, 6.07) is 7.75. The van der Waals surface area contributed by atoms with Gasteiger partial charge in [0.2, 0.25) is 0 Å². The molecular weight excluding hydrogens is 397 g/mol. The molecule has 0 amide bonds. The highest BCUT2D eigenvalue weighted by molar-refractivity contribution is 7.92. The van der Waals surface area contributed by atoms with Crippen LogP contribution in [-0.4, -0.2) is 29.0 Å². The fraction of sp³-hybridized carbons (Fsp3) is 0.118. The van der Waals surface area contributed by atoms with Crippen molar-refractivity contribution in [1.82, 2.24) is 14.8 Å². The van der Waals surface area contributed by atoms with E-state index in [1.54, 1.807) is 0 Å². The van der Waals surface area contributed by atoms with Crippen LogP contribution in [-0.2, 0) is 16.2 Å². The molecule has 2 aromatic carbocycles. The molecule has 3 aromatic rings. The molecule has 7 nitrogen and oxygen atoms in total. The minimum Gasteiger partial charge on any atom is -0.295 e. The van der Waals surface area contributed by atoms with Crippen molar-refractivity contribution in [3.63, 3.8) is 0 Å². The molecule has 11 heteroatoms. The Kier molecular flexibility index (Phi) is 4.94. The van der Waals surface area contributed by atoms with Gasteiger partial charge in [-0.3, -0.25) is 9.52 Å². The standard InChI is InChI=1S/C17H13F3N4O3S/c1-11(25)12-3-2-4-14(7-12)28(26,27)23-15-8-13(17(18,19)20)5-6-16(15)24-10-21-9-22-24/h2-10,23H,1H3. The van der Waals surface area contributed by atoms with E-state index in [9.17, 15) is 26.4 Å². The SMILES string of the molecule is CC(=O)c1cccc(S(=O)(=O)Nc2cc(C(F)(F)F)ccc2-n2cncn2)c1. The zero-order valence-electron chi connectivity index (χ0n) is 14.3. The molecule has 0 aliphatic rings. The normalized spacial score (nSPS) is 12.0. The van der Waals surface area contributed by atoms with Gasteiger partial charge < -0.3 is 0 Å². The van der Waals surface area contributed by atoms with E-state index in [-0.39, 0.29) is 27.6 Å². The van der Waals surface area contributed by atoms with Crippen LogP contribution in [0.15, 0.2) is 60.0 Å². The number of carbonyl (C=O) groups is 1. The van der Waals surface area contributed by atoms with E-state index in [1.807, 2.05) is 0 Å². The van der Waals surface area contributed by atoms with Crippen molar-refractivity contribution >= 4 is 21.5 Å². The molecule has 3 rings (SSSR count). The molecule has 28 heavy (non-hydrogen) atoms. The molecule has 0 atom stereocenters. The lowest BCUT2D eigenvalue weighted by molar-refractivity contribution is -0.137. The first-order valence-electron chi connectivity index (χ1n) is 7.78. The van der Waals surface area contributed by atoms with E-state index in [4.69, 9.17) is 0 Å². The molecule has 1 N–H and O–H groups in total. The van der Waals surface area contributed by atoms with Crippen LogP contribution in [0.4, 0.5) is 18.9 Å². The lowest BCUT2D eigenvalue weighted by Gasteiger charge is -2.15. The Labute approximate surface area is 157 Å². The van der Waals surface area contributed by atoms with E-state index < -0.39 is 21.8 Å². The fourth-order valence-electron chi connectivity index (χ4n) is 2.41. The predicted octanol–water partition coefficient (Wildman–Crippen LogP) is 3.29. The largest absolute Gasteiger partial charge is 0.416 e. The van der Waals surface area contributed by atoms with Crippen molar-refractivity contribution in [1.29, 1.82) is 0 Å². The predicted molar refractivity (Wildman–Crippen MR) is 93.6 cm³/mol. The molecule has 0 fully saturated rings. The molecule has 0 aliphatic carbocycles. The molecule has 0 bridgehead atoms. The van der Waals surface area contributed by atoms with Gasteiger partial charge in [-0.2, -0.15) is 18.3 Å². The number of nitrogens with zero attached hydrogens (tertiary/aromatic N) is 3. The van der Waals surface area contributed by atoms with Gasteiger partial charge in [0, 0.05) is 5.56 Å². The second-order valence-corrected chi connectivity index (χ2v) is 7.44. The Hall–Kier alpha value is -3.21.